The number of rotatable bonds is 1. The molecule has 0 saturated heterocycles. The van der Waals surface area contributed by atoms with Gasteiger partial charge in [0.25, 0.3) is 0 Å². The summed E-state index contributed by atoms with van der Waals surface area (Å²) in [6.07, 6.45) is 3.89. The van der Waals surface area contributed by atoms with E-state index in [4.69, 9.17) is 0 Å². The van der Waals surface area contributed by atoms with Crippen molar-refractivity contribution in [1.29, 1.82) is 0 Å². The maximum Gasteiger partial charge on any atom is 0.0178 e. The molecule has 0 unspecified atom stereocenters. The molecule has 0 spiro atoms. The molecule has 0 bridgehead atoms. The summed E-state index contributed by atoms with van der Waals surface area (Å²) in [7, 11) is 0. The van der Waals surface area contributed by atoms with Gasteiger partial charge in [-0.25, -0.2) is 0 Å². The minimum absolute atomic E-state index is 0.897. The van der Waals surface area contributed by atoms with Crippen molar-refractivity contribution in [2.75, 3.05) is 0 Å². The van der Waals surface area contributed by atoms with Crippen LogP contribution in [0.15, 0.2) is 22.7 Å². The van der Waals surface area contributed by atoms with Crippen molar-refractivity contribution in [3.63, 3.8) is 0 Å². The van der Waals surface area contributed by atoms with Crippen LogP contribution in [0.25, 0.3) is 0 Å². The van der Waals surface area contributed by atoms with E-state index in [2.05, 4.69) is 41.1 Å². The topological polar surface area (TPSA) is 0 Å². The van der Waals surface area contributed by atoms with Gasteiger partial charge in [0.05, 0.1) is 0 Å². The molecule has 1 aromatic carbocycles. The Morgan fingerprint density at radius 1 is 1.33 bits per heavy atom. The van der Waals surface area contributed by atoms with Gasteiger partial charge in [0.15, 0.2) is 0 Å². The first-order valence-corrected chi connectivity index (χ1v) is 5.36. The van der Waals surface area contributed by atoms with E-state index in [0.717, 1.165) is 5.92 Å². The molecule has 0 aromatic heterocycles. The van der Waals surface area contributed by atoms with E-state index in [1.165, 1.54) is 23.7 Å². The Morgan fingerprint density at radius 3 is 2.83 bits per heavy atom. The molecule has 0 saturated carbocycles. The Kier molecular flexibility index (Phi) is 2.22. The van der Waals surface area contributed by atoms with Crippen LogP contribution in [-0.2, 0) is 12.8 Å². The number of hydrogen-bond donors (Lipinski definition) is 0. The zero-order chi connectivity index (χ0) is 8.55. The lowest BCUT2D eigenvalue weighted by Gasteiger charge is -2.01. The van der Waals surface area contributed by atoms with Gasteiger partial charge in [0, 0.05) is 4.47 Å². The molecular weight excluding hydrogens is 212 g/mol. The second-order valence-electron chi connectivity index (χ2n) is 3.60. The van der Waals surface area contributed by atoms with Gasteiger partial charge in [0.1, 0.15) is 0 Å². The molecule has 2 rings (SSSR count). The molecular formula is C11H13Br. The third-order valence-electron chi connectivity index (χ3n) is 2.76. The van der Waals surface area contributed by atoms with E-state index in [9.17, 15) is 0 Å². The van der Waals surface area contributed by atoms with Crippen LogP contribution in [0.4, 0.5) is 0 Å². The number of hydrogen-bond acceptors (Lipinski definition) is 0. The fraction of sp³-hybridized carbons (Fsp3) is 0.455. The van der Waals surface area contributed by atoms with E-state index < -0.39 is 0 Å². The van der Waals surface area contributed by atoms with Gasteiger partial charge in [-0.15, -0.1) is 0 Å². The quantitative estimate of drug-likeness (QED) is 0.685. The van der Waals surface area contributed by atoms with Crippen molar-refractivity contribution < 1.29 is 0 Å². The van der Waals surface area contributed by atoms with Crippen molar-refractivity contribution in [3.8, 4) is 0 Å². The Morgan fingerprint density at radius 2 is 2.08 bits per heavy atom. The molecule has 0 N–H and O–H groups in total. The van der Waals surface area contributed by atoms with Gasteiger partial charge >= 0.3 is 0 Å². The van der Waals surface area contributed by atoms with Gasteiger partial charge in [-0.3, -0.25) is 0 Å². The second-order valence-corrected chi connectivity index (χ2v) is 4.51. The first-order valence-electron chi connectivity index (χ1n) is 4.57. The summed E-state index contributed by atoms with van der Waals surface area (Å²) in [4.78, 5) is 0. The summed E-state index contributed by atoms with van der Waals surface area (Å²) in [5.74, 6) is 0.897. The zero-order valence-corrected chi connectivity index (χ0v) is 8.89. The Hall–Kier alpha value is -0.300. The molecule has 1 aromatic rings. The fourth-order valence-electron chi connectivity index (χ4n) is 1.97. The monoisotopic (exact) mass is 224 g/mol. The van der Waals surface area contributed by atoms with Crippen LogP contribution in [0.5, 0.6) is 0 Å². The standard InChI is InChI=1S/C11H13Br/c1-2-8-5-9-3-4-11(12)7-10(9)6-8/h3-4,7-8H,2,5-6H2,1H3/t8-/m0/s1. The molecule has 12 heavy (non-hydrogen) atoms. The van der Waals surface area contributed by atoms with Gasteiger partial charge in [-0.2, -0.15) is 0 Å². The largest absolute Gasteiger partial charge is 0.0651 e. The number of fused-ring (bicyclic) bond motifs is 1. The van der Waals surface area contributed by atoms with Gasteiger partial charge in [-0.05, 0) is 42.0 Å². The Bertz CT molecular complexity index is 291. The molecule has 1 heteroatoms. The summed E-state index contributed by atoms with van der Waals surface area (Å²) in [5, 5.41) is 0. The van der Waals surface area contributed by atoms with E-state index in [1.807, 2.05) is 0 Å². The lowest BCUT2D eigenvalue weighted by atomic mass is 10.0. The highest BCUT2D eigenvalue weighted by atomic mass is 79.9. The zero-order valence-electron chi connectivity index (χ0n) is 7.31. The molecule has 1 atom stereocenters. The summed E-state index contributed by atoms with van der Waals surface area (Å²) < 4.78 is 1.22. The van der Waals surface area contributed by atoms with Crippen LogP contribution in [0.2, 0.25) is 0 Å². The lowest BCUT2D eigenvalue weighted by molar-refractivity contribution is 0.543. The fourth-order valence-corrected chi connectivity index (χ4v) is 2.37. The van der Waals surface area contributed by atoms with Crippen molar-refractivity contribution in [1.82, 2.24) is 0 Å². The lowest BCUT2D eigenvalue weighted by Crippen LogP contribution is -1.95. The minimum Gasteiger partial charge on any atom is -0.0651 e. The minimum atomic E-state index is 0.897. The summed E-state index contributed by atoms with van der Waals surface area (Å²) in [6.45, 7) is 2.28. The van der Waals surface area contributed by atoms with Crippen molar-refractivity contribution >= 4 is 15.9 Å². The molecule has 0 amide bonds. The van der Waals surface area contributed by atoms with Gasteiger partial charge in [-0.1, -0.05) is 35.3 Å². The molecule has 0 fully saturated rings. The second kappa shape index (κ2) is 3.21. The highest BCUT2D eigenvalue weighted by molar-refractivity contribution is 9.10. The van der Waals surface area contributed by atoms with E-state index >= 15 is 0 Å². The average Bonchev–Trinajstić information content (AvgIpc) is 2.46. The molecule has 1 aliphatic carbocycles. The van der Waals surface area contributed by atoms with E-state index in [0.29, 0.717) is 0 Å². The average molecular weight is 225 g/mol. The summed E-state index contributed by atoms with van der Waals surface area (Å²) in [5.41, 5.74) is 3.11. The predicted octanol–water partition coefficient (Wildman–Crippen LogP) is 3.57. The third-order valence-corrected chi connectivity index (χ3v) is 3.26. The SMILES string of the molecule is CC[C@H]1Cc2ccc(Br)cc2C1. The van der Waals surface area contributed by atoms with Crippen LogP contribution in [0.3, 0.4) is 0 Å². The summed E-state index contributed by atoms with van der Waals surface area (Å²) >= 11 is 3.51. The van der Waals surface area contributed by atoms with Crippen molar-refractivity contribution in [3.05, 3.63) is 33.8 Å². The highest BCUT2D eigenvalue weighted by Crippen LogP contribution is 2.30. The maximum atomic E-state index is 3.51. The maximum absolute atomic E-state index is 3.51. The van der Waals surface area contributed by atoms with Gasteiger partial charge in [0.2, 0.25) is 0 Å². The highest BCUT2D eigenvalue weighted by Gasteiger charge is 2.19. The van der Waals surface area contributed by atoms with Crippen molar-refractivity contribution in [2.24, 2.45) is 5.92 Å². The number of benzene rings is 1. The molecule has 0 radical (unpaired) electrons. The van der Waals surface area contributed by atoms with Crippen LogP contribution in [0, 0.1) is 5.92 Å². The molecule has 64 valence electrons. The first-order chi connectivity index (χ1) is 5.79. The Labute approximate surface area is 82.1 Å². The first kappa shape index (κ1) is 8.31. The van der Waals surface area contributed by atoms with Crippen LogP contribution >= 0.6 is 15.9 Å². The molecule has 0 aliphatic heterocycles. The van der Waals surface area contributed by atoms with Crippen LogP contribution < -0.4 is 0 Å². The van der Waals surface area contributed by atoms with E-state index in [1.54, 1.807) is 11.1 Å². The van der Waals surface area contributed by atoms with Gasteiger partial charge < -0.3 is 0 Å². The number of halogens is 1. The van der Waals surface area contributed by atoms with Crippen molar-refractivity contribution in [2.45, 2.75) is 26.2 Å². The molecule has 0 heterocycles. The van der Waals surface area contributed by atoms with Crippen LogP contribution in [-0.4, -0.2) is 0 Å². The predicted molar refractivity (Wildman–Crippen MR) is 55.3 cm³/mol. The smallest absolute Gasteiger partial charge is 0.0178 e. The molecule has 0 nitrogen and oxygen atoms in total. The van der Waals surface area contributed by atoms with E-state index in [-0.39, 0.29) is 0 Å². The third kappa shape index (κ3) is 1.42. The summed E-state index contributed by atoms with van der Waals surface area (Å²) in [6, 6.07) is 6.68. The Balaban J connectivity index is 2.30. The van der Waals surface area contributed by atoms with Crippen LogP contribution in [0.1, 0.15) is 24.5 Å². The normalized spacial score (nSPS) is 21.0. The molecule has 1 aliphatic rings.